The highest BCUT2D eigenvalue weighted by Crippen LogP contribution is 2.56. The highest BCUT2D eigenvalue weighted by atomic mass is 15.1. The van der Waals surface area contributed by atoms with Crippen LogP contribution in [0.5, 0.6) is 0 Å². The predicted molar refractivity (Wildman–Crippen MR) is 271 cm³/mol. The molecule has 8 aromatic rings. The van der Waals surface area contributed by atoms with E-state index in [1.165, 1.54) is 60.1 Å². The molecule has 0 N–H and O–H groups in total. The third kappa shape index (κ3) is 7.32. The van der Waals surface area contributed by atoms with Crippen LogP contribution in [-0.2, 0) is 6.42 Å². The molecule has 304 valence electrons. The standard InChI is InChI=1S/C61H55N/c1-8-10-20-48-38-46-21-11-12-22-47(46)39-56(48)45-31-35-51(36-32-45)62(50-33-29-44(30-34-50)41(3)37-59-43(5)42(4)58(19-9-2)61(59,6)7)60-28-18-17-27-55(60)57-40-49-23-13-14-24-52(49)53-25-15-16-26-54(53)57/h8-9,11-18,21-36,38-40,58-59H,1-5,10,19-20,37H2,6-7H3. The lowest BCUT2D eigenvalue weighted by atomic mass is 9.71. The second kappa shape index (κ2) is 16.8. The van der Waals surface area contributed by atoms with E-state index in [4.69, 9.17) is 0 Å². The van der Waals surface area contributed by atoms with E-state index in [9.17, 15) is 0 Å². The van der Waals surface area contributed by atoms with E-state index < -0.39 is 0 Å². The monoisotopic (exact) mass is 801 g/mol. The number of allylic oxidation sites excluding steroid dienone is 5. The molecular formula is C61H55N. The Morgan fingerprint density at radius 3 is 1.82 bits per heavy atom. The van der Waals surface area contributed by atoms with Crippen LogP contribution in [0.2, 0.25) is 0 Å². The van der Waals surface area contributed by atoms with E-state index in [2.05, 4.69) is 215 Å². The zero-order valence-corrected chi connectivity index (χ0v) is 36.2. The Bertz CT molecular complexity index is 3030. The number of fused-ring (bicyclic) bond motifs is 4. The second-order valence-corrected chi connectivity index (χ2v) is 17.6. The summed E-state index contributed by atoms with van der Waals surface area (Å²) in [5.41, 5.74) is 14.1. The Morgan fingerprint density at radius 1 is 0.565 bits per heavy atom. The molecule has 8 aromatic carbocycles. The minimum Gasteiger partial charge on any atom is -0.310 e. The summed E-state index contributed by atoms with van der Waals surface area (Å²) in [5, 5.41) is 7.49. The molecule has 1 heteroatoms. The third-order valence-electron chi connectivity index (χ3n) is 13.7. The average molecular weight is 802 g/mol. The molecule has 2 unspecified atom stereocenters. The fourth-order valence-corrected chi connectivity index (χ4v) is 10.2. The number of aryl methyl sites for hydroxylation is 1. The minimum atomic E-state index is 0.0180. The third-order valence-corrected chi connectivity index (χ3v) is 13.7. The van der Waals surface area contributed by atoms with E-state index >= 15 is 0 Å². The molecule has 1 saturated carbocycles. The number of rotatable bonds is 13. The van der Waals surface area contributed by atoms with Crippen molar-refractivity contribution in [2.24, 2.45) is 17.3 Å². The van der Waals surface area contributed by atoms with Crippen molar-refractivity contribution in [1.82, 2.24) is 0 Å². The molecule has 0 aromatic heterocycles. The number of anilines is 3. The van der Waals surface area contributed by atoms with Gasteiger partial charge in [-0.25, -0.2) is 0 Å². The van der Waals surface area contributed by atoms with E-state index in [-0.39, 0.29) is 11.3 Å². The quantitative estimate of drug-likeness (QED) is 0.0829. The Kier molecular flexibility index (Phi) is 11.0. The Balaban J connectivity index is 1.15. The SMILES string of the molecule is C=CCCc1cc2ccccc2cc1-c1ccc(N(c2ccc(C(=C)CC3C(=C)C(=C)C(CC=C)C3(C)C)cc2)c2ccccc2-c2cc3ccccc3c3ccccc23)cc1. The lowest BCUT2D eigenvalue weighted by Crippen LogP contribution is -2.25. The number of nitrogens with zero attached hydrogens (tertiary/aromatic N) is 1. The van der Waals surface area contributed by atoms with Gasteiger partial charge in [0.2, 0.25) is 0 Å². The van der Waals surface area contributed by atoms with Crippen LogP contribution >= 0.6 is 0 Å². The molecule has 0 aliphatic heterocycles. The van der Waals surface area contributed by atoms with Crippen molar-refractivity contribution in [3.8, 4) is 22.3 Å². The van der Waals surface area contributed by atoms with Crippen LogP contribution in [0.3, 0.4) is 0 Å². The van der Waals surface area contributed by atoms with Crippen LogP contribution in [0.25, 0.3) is 60.1 Å². The van der Waals surface area contributed by atoms with Crippen LogP contribution in [-0.4, -0.2) is 0 Å². The fourth-order valence-electron chi connectivity index (χ4n) is 10.2. The Hall–Kier alpha value is -6.96. The van der Waals surface area contributed by atoms with E-state index in [0.717, 1.165) is 65.0 Å². The van der Waals surface area contributed by atoms with Crippen LogP contribution in [0.15, 0.2) is 220 Å². The molecule has 62 heavy (non-hydrogen) atoms. The van der Waals surface area contributed by atoms with Gasteiger partial charge in [-0.15, -0.1) is 13.2 Å². The average Bonchev–Trinajstić information content (AvgIpc) is 3.46. The van der Waals surface area contributed by atoms with Gasteiger partial charge in [-0.1, -0.05) is 167 Å². The molecule has 2 atom stereocenters. The van der Waals surface area contributed by atoms with Crippen LogP contribution in [0, 0.1) is 17.3 Å². The number of benzene rings is 8. The number of hydrogen-bond acceptors (Lipinski definition) is 1. The second-order valence-electron chi connectivity index (χ2n) is 17.6. The van der Waals surface area contributed by atoms with Crippen LogP contribution in [0.4, 0.5) is 17.1 Å². The fraction of sp³-hybridized carbons (Fsp3) is 0.148. The first-order valence-electron chi connectivity index (χ1n) is 22.0. The molecule has 0 amide bonds. The molecule has 1 aliphatic rings. The molecular weight excluding hydrogens is 747 g/mol. The van der Waals surface area contributed by atoms with E-state index in [1.807, 2.05) is 12.2 Å². The summed E-state index contributed by atoms with van der Waals surface area (Å²) >= 11 is 0. The lowest BCUT2D eigenvalue weighted by Gasteiger charge is -2.33. The zero-order chi connectivity index (χ0) is 43.0. The molecule has 0 bridgehead atoms. The predicted octanol–water partition coefficient (Wildman–Crippen LogP) is 17.4. The van der Waals surface area contributed by atoms with Crippen molar-refractivity contribution in [1.29, 1.82) is 0 Å². The first kappa shape index (κ1) is 40.4. The molecule has 1 aliphatic carbocycles. The van der Waals surface area contributed by atoms with Crippen molar-refractivity contribution >= 4 is 55.0 Å². The van der Waals surface area contributed by atoms with Crippen molar-refractivity contribution in [2.75, 3.05) is 4.90 Å². The Labute approximate surface area is 368 Å². The van der Waals surface area contributed by atoms with Crippen molar-refractivity contribution < 1.29 is 0 Å². The highest BCUT2D eigenvalue weighted by Gasteiger charge is 2.46. The van der Waals surface area contributed by atoms with E-state index in [1.54, 1.807) is 0 Å². The largest absolute Gasteiger partial charge is 0.310 e. The summed E-state index contributed by atoms with van der Waals surface area (Å²) in [6.07, 6.45) is 7.65. The van der Waals surface area contributed by atoms with Gasteiger partial charge in [0.25, 0.3) is 0 Å². The van der Waals surface area contributed by atoms with Gasteiger partial charge in [0.15, 0.2) is 0 Å². The number of para-hydroxylation sites is 1. The minimum absolute atomic E-state index is 0.0180. The maximum atomic E-state index is 4.66. The molecule has 1 fully saturated rings. The topological polar surface area (TPSA) is 3.24 Å². The van der Waals surface area contributed by atoms with Gasteiger partial charge in [0.05, 0.1) is 5.69 Å². The van der Waals surface area contributed by atoms with Gasteiger partial charge in [0.1, 0.15) is 0 Å². The maximum absolute atomic E-state index is 4.66. The molecule has 9 rings (SSSR count). The molecule has 0 spiro atoms. The smallest absolute Gasteiger partial charge is 0.0540 e. The van der Waals surface area contributed by atoms with Crippen molar-refractivity contribution in [3.63, 3.8) is 0 Å². The van der Waals surface area contributed by atoms with E-state index in [0.29, 0.717) is 5.92 Å². The zero-order valence-electron chi connectivity index (χ0n) is 36.2. The summed E-state index contributed by atoms with van der Waals surface area (Å²) in [6, 6.07) is 60.2. The normalized spacial score (nSPS) is 15.9. The Morgan fingerprint density at radius 2 is 1.13 bits per heavy atom. The molecule has 0 saturated heterocycles. The maximum Gasteiger partial charge on any atom is 0.0540 e. The van der Waals surface area contributed by atoms with Crippen molar-refractivity contribution in [3.05, 3.63) is 231 Å². The molecule has 0 radical (unpaired) electrons. The van der Waals surface area contributed by atoms with Gasteiger partial charge in [0, 0.05) is 16.9 Å². The number of hydrogen-bond donors (Lipinski definition) is 0. The van der Waals surface area contributed by atoms with Gasteiger partial charge in [-0.05, 0) is 162 Å². The highest BCUT2D eigenvalue weighted by molar-refractivity contribution is 6.15. The van der Waals surface area contributed by atoms with Gasteiger partial charge >= 0.3 is 0 Å². The van der Waals surface area contributed by atoms with Crippen LogP contribution in [0.1, 0.15) is 44.2 Å². The first-order chi connectivity index (χ1) is 30.2. The summed E-state index contributed by atoms with van der Waals surface area (Å²) in [6.45, 7) is 26.4. The summed E-state index contributed by atoms with van der Waals surface area (Å²) < 4.78 is 0. The summed E-state index contributed by atoms with van der Waals surface area (Å²) in [4.78, 5) is 2.42. The summed E-state index contributed by atoms with van der Waals surface area (Å²) in [5.74, 6) is 0.609. The lowest BCUT2D eigenvalue weighted by molar-refractivity contribution is 0.211. The van der Waals surface area contributed by atoms with Gasteiger partial charge in [-0.3, -0.25) is 0 Å². The van der Waals surface area contributed by atoms with Crippen molar-refractivity contribution in [2.45, 2.75) is 39.5 Å². The van der Waals surface area contributed by atoms with Gasteiger partial charge in [-0.2, -0.15) is 0 Å². The molecule has 1 nitrogen and oxygen atoms in total. The first-order valence-corrected chi connectivity index (χ1v) is 22.0. The van der Waals surface area contributed by atoms with Crippen LogP contribution < -0.4 is 4.90 Å². The molecule has 0 heterocycles. The summed E-state index contributed by atoms with van der Waals surface area (Å²) in [7, 11) is 0. The van der Waals surface area contributed by atoms with Gasteiger partial charge < -0.3 is 4.90 Å².